The lowest BCUT2D eigenvalue weighted by atomic mass is 9.97. The van der Waals surface area contributed by atoms with Crippen molar-refractivity contribution in [3.05, 3.63) is 35.9 Å². The molecule has 1 fully saturated rings. The van der Waals surface area contributed by atoms with Gasteiger partial charge in [0.25, 0.3) is 0 Å². The van der Waals surface area contributed by atoms with Crippen molar-refractivity contribution in [1.29, 1.82) is 0 Å². The molecule has 5 nitrogen and oxygen atoms in total. The molecule has 0 radical (unpaired) electrons. The van der Waals surface area contributed by atoms with E-state index in [4.69, 9.17) is 0 Å². The van der Waals surface area contributed by atoms with E-state index < -0.39 is 0 Å². The van der Waals surface area contributed by atoms with E-state index >= 15 is 0 Å². The molecule has 1 heterocycles. The van der Waals surface area contributed by atoms with Crippen molar-refractivity contribution >= 4 is 11.6 Å². The maximum Gasteiger partial charge on any atom is 0.237 e. The number of hydrogen-bond donors (Lipinski definition) is 2. The molecule has 0 spiro atoms. The maximum atomic E-state index is 12.5. The van der Waals surface area contributed by atoms with Gasteiger partial charge in [0.05, 0.1) is 6.04 Å². The van der Waals surface area contributed by atoms with Gasteiger partial charge in [0.2, 0.25) is 5.91 Å². The van der Waals surface area contributed by atoms with Crippen molar-refractivity contribution in [2.75, 3.05) is 37.6 Å². The Labute approximate surface area is 156 Å². The highest BCUT2D eigenvalue weighted by Crippen LogP contribution is 2.21. The molecule has 26 heavy (non-hydrogen) atoms. The molecule has 1 aliphatic carbocycles. The minimum atomic E-state index is -0.0858. The van der Waals surface area contributed by atoms with Gasteiger partial charge in [-0.3, -0.25) is 9.69 Å². The summed E-state index contributed by atoms with van der Waals surface area (Å²) in [6.45, 7) is 6.31. The Balaban J connectivity index is 1.41. The molecule has 0 bridgehead atoms. The van der Waals surface area contributed by atoms with E-state index in [0.717, 1.165) is 44.8 Å². The van der Waals surface area contributed by atoms with Crippen molar-refractivity contribution in [3.63, 3.8) is 0 Å². The molecule has 1 aromatic carbocycles. The van der Waals surface area contributed by atoms with Crippen LogP contribution in [-0.4, -0.2) is 54.7 Å². The number of carbonyl (C=O) groups is 1. The summed E-state index contributed by atoms with van der Waals surface area (Å²) in [5, 5.41) is 12.5. The number of hydrogen-bond acceptors (Lipinski definition) is 4. The fourth-order valence-corrected chi connectivity index (χ4v) is 3.82. The number of nitrogens with zero attached hydrogens (tertiary/aromatic N) is 2. The summed E-state index contributed by atoms with van der Waals surface area (Å²) in [6, 6.07) is 7.25. The summed E-state index contributed by atoms with van der Waals surface area (Å²) in [5.41, 5.74) is 2.63. The first kappa shape index (κ1) is 18.8. The summed E-state index contributed by atoms with van der Waals surface area (Å²) in [6.07, 6.45) is 8.34. The molecule has 0 aromatic heterocycles. The van der Waals surface area contributed by atoms with Crippen LogP contribution in [0.25, 0.3) is 0 Å². The SMILES string of the molecule is CC(C(=O)NCCC1=CCCCC1)N1CCN(c2ccc(O)cc2)CC1. The molecule has 3 rings (SSSR count). The minimum Gasteiger partial charge on any atom is -0.508 e. The lowest BCUT2D eigenvalue weighted by molar-refractivity contribution is -0.125. The second kappa shape index (κ2) is 9.08. The largest absolute Gasteiger partial charge is 0.508 e. The van der Waals surface area contributed by atoms with E-state index in [1.54, 1.807) is 12.1 Å². The van der Waals surface area contributed by atoms with Crippen LogP contribution in [-0.2, 0) is 4.79 Å². The van der Waals surface area contributed by atoms with Gasteiger partial charge in [-0.2, -0.15) is 0 Å². The van der Waals surface area contributed by atoms with Gasteiger partial charge in [0, 0.05) is 38.4 Å². The highest BCUT2D eigenvalue weighted by Gasteiger charge is 2.25. The zero-order valence-corrected chi connectivity index (χ0v) is 15.8. The zero-order valence-electron chi connectivity index (χ0n) is 15.8. The van der Waals surface area contributed by atoms with Crippen molar-refractivity contribution in [1.82, 2.24) is 10.2 Å². The first-order chi connectivity index (χ1) is 12.6. The van der Waals surface area contributed by atoms with Crippen molar-refractivity contribution in [2.24, 2.45) is 0 Å². The van der Waals surface area contributed by atoms with Crippen LogP contribution >= 0.6 is 0 Å². The van der Waals surface area contributed by atoms with Crippen LogP contribution in [0.1, 0.15) is 39.0 Å². The third-order valence-corrected chi connectivity index (χ3v) is 5.59. The Morgan fingerprint density at radius 3 is 2.54 bits per heavy atom. The first-order valence-electron chi connectivity index (χ1n) is 9.87. The van der Waals surface area contributed by atoms with E-state index in [2.05, 4.69) is 21.2 Å². The number of phenolic OH excluding ortho intramolecular Hbond substituents is 1. The zero-order chi connectivity index (χ0) is 18.4. The molecule has 1 saturated heterocycles. The van der Waals surface area contributed by atoms with E-state index in [0.29, 0.717) is 5.75 Å². The van der Waals surface area contributed by atoms with E-state index in [9.17, 15) is 9.90 Å². The number of piperazine rings is 1. The average Bonchev–Trinajstić information content (AvgIpc) is 2.69. The summed E-state index contributed by atoms with van der Waals surface area (Å²) in [7, 11) is 0. The van der Waals surface area contributed by atoms with Crippen molar-refractivity contribution < 1.29 is 9.90 Å². The molecule has 142 valence electrons. The van der Waals surface area contributed by atoms with Gasteiger partial charge in [-0.15, -0.1) is 0 Å². The smallest absolute Gasteiger partial charge is 0.237 e. The Morgan fingerprint density at radius 2 is 1.88 bits per heavy atom. The molecule has 1 amide bonds. The predicted molar refractivity (Wildman–Crippen MR) is 106 cm³/mol. The Morgan fingerprint density at radius 1 is 1.15 bits per heavy atom. The van der Waals surface area contributed by atoms with Crippen LogP contribution in [0.15, 0.2) is 35.9 Å². The topological polar surface area (TPSA) is 55.8 Å². The van der Waals surface area contributed by atoms with Gasteiger partial charge in [-0.25, -0.2) is 0 Å². The number of aromatic hydroxyl groups is 1. The Bertz CT molecular complexity index is 619. The monoisotopic (exact) mass is 357 g/mol. The minimum absolute atomic E-state index is 0.0858. The van der Waals surface area contributed by atoms with Crippen LogP contribution < -0.4 is 10.2 Å². The van der Waals surface area contributed by atoms with Crippen LogP contribution in [0.4, 0.5) is 5.69 Å². The van der Waals surface area contributed by atoms with Gasteiger partial charge in [-0.1, -0.05) is 11.6 Å². The van der Waals surface area contributed by atoms with Gasteiger partial charge in [0.15, 0.2) is 0 Å². The van der Waals surface area contributed by atoms with Crippen molar-refractivity contribution in [3.8, 4) is 5.75 Å². The van der Waals surface area contributed by atoms with Gasteiger partial charge in [-0.05, 0) is 63.3 Å². The van der Waals surface area contributed by atoms with Crippen LogP contribution in [0.3, 0.4) is 0 Å². The number of nitrogens with one attached hydrogen (secondary N) is 1. The second-order valence-corrected chi connectivity index (χ2v) is 7.36. The number of anilines is 1. The van der Waals surface area contributed by atoms with Crippen LogP contribution in [0, 0.1) is 0 Å². The van der Waals surface area contributed by atoms with Gasteiger partial charge < -0.3 is 15.3 Å². The highest BCUT2D eigenvalue weighted by atomic mass is 16.3. The number of phenols is 1. The molecular formula is C21H31N3O2. The molecular weight excluding hydrogens is 326 g/mol. The lowest BCUT2D eigenvalue weighted by Crippen LogP contribution is -2.54. The molecule has 0 saturated carbocycles. The van der Waals surface area contributed by atoms with E-state index in [1.165, 1.54) is 31.3 Å². The molecule has 1 aromatic rings. The number of allylic oxidation sites excluding steroid dienone is 1. The lowest BCUT2D eigenvalue weighted by Gasteiger charge is -2.38. The van der Waals surface area contributed by atoms with E-state index in [-0.39, 0.29) is 11.9 Å². The molecule has 1 atom stereocenters. The fourth-order valence-electron chi connectivity index (χ4n) is 3.82. The summed E-state index contributed by atoms with van der Waals surface area (Å²) < 4.78 is 0. The normalized spacial score (nSPS) is 19.7. The van der Waals surface area contributed by atoms with Crippen LogP contribution in [0.5, 0.6) is 5.75 Å². The first-order valence-corrected chi connectivity index (χ1v) is 9.87. The standard InChI is InChI=1S/C21H31N3O2/c1-17(21(26)22-12-11-18-5-3-2-4-6-18)23-13-15-24(16-14-23)19-7-9-20(25)10-8-19/h5,7-10,17,25H,2-4,6,11-16H2,1H3,(H,22,26). The summed E-state index contributed by atoms with van der Waals surface area (Å²) >= 11 is 0. The Hall–Kier alpha value is -2.01. The molecule has 2 N–H and O–H groups in total. The van der Waals surface area contributed by atoms with Crippen LogP contribution in [0.2, 0.25) is 0 Å². The maximum absolute atomic E-state index is 12.5. The number of amides is 1. The average molecular weight is 357 g/mol. The third-order valence-electron chi connectivity index (χ3n) is 5.59. The van der Waals surface area contributed by atoms with Gasteiger partial charge >= 0.3 is 0 Å². The molecule has 1 aliphatic heterocycles. The Kier molecular flexibility index (Phi) is 6.56. The predicted octanol–water partition coefficient (Wildman–Crippen LogP) is 2.91. The summed E-state index contributed by atoms with van der Waals surface area (Å²) in [4.78, 5) is 17.0. The quantitative estimate of drug-likeness (QED) is 0.769. The van der Waals surface area contributed by atoms with Crippen molar-refractivity contribution in [2.45, 2.75) is 45.1 Å². The highest BCUT2D eigenvalue weighted by molar-refractivity contribution is 5.81. The second-order valence-electron chi connectivity index (χ2n) is 7.36. The number of rotatable bonds is 6. The van der Waals surface area contributed by atoms with E-state index in [1.807, 2.05) is 19.1 Å². The molecule has 2 aliphatic rings. The fraction of sp³-hybridized carbons (Fsp3) is 0.571. The van der Waals surface area contributed by atoms with Gasteiger partial charge in [0.1, 0.15) is 5.75 Å². The number of benzene rings is 1. The third kappa shape index (κ3) is 5.01. The molecule has 1 unspecified atom stereocenters. The molecule has 5 heteroatoms. The number of carbonyl (C=O) groups excluding carboxylic acids is 1. The summed E-state index contributed by atoms with van der Waals surface area (Å²) in [5.74, 6) is 0.432.